The summed E-state index contributed by atoms with van der Waals surface area (Å²) in [5, 5.41) is 0. The molecule has 21 heavy (non-hydrogen) atoms. The zero-order valence-electron chi connectivity index (χ0n) is 12.6. The van der Waals surface area contributed by atoms with E-state index < -0.39 is 5.97 Å². The summed E-state index contributed by atoms with van der Waals surface area (Å²) in [5.74, 6) is 0.363. The number of hydrogen-bond acceptors (Lipinski definition) is 5. The number of ether oxygens (including phenoxy) is 3. The van der Waals surface area contributed by atoms with Crippen LogP contribution in [0.1, 0.15) is 5.56 Å². The molecular formula is C15H19NO5. The minimum absolute atomic E-state index is 0.282. The third-order valence-corrected chi connectivity index (χ3v) is 2.67. The Hall–Kier alpha value is -2.50. The molecular weight excluding hydrogens is 274 g/mol. The molecule has 1 aromatic carbocycles. The predicted molar refractivity (Wildman–Crippen MR) is 78.2 cm³/mol. The van der Waals surface area contributed by atoms with Gasteiger partial charge in [0.2, 0.25) is 0 Å². The van der Waals surface area contributed by atoms with Gasteiger partial charge in [-0.15, -0.1) is 0 Å². The van der Waals surface area contributed by atoms with Crippen molar-refractivity contribution in [1.82, 2.24) is 4.90 Å². The van der Waals surface area contributed by atoms with Crippen LogP contribution in [0.5, 0.6) is 11.5 Å². The monoisotopic (exact) mass is 293 g/mol. The molecule has 0 N–H and O–H groups in total. The third-order valence-electron chi connectivity index (χ3n) is 2.67. The number of methoxy groups -OCH3 is 2. The van der Waals surface area contributed by atoms with Crippen LogP contribution >= 0.6 is 0 Å². The van der Waals surface area contributed by atoms with Crippen molar-refractivity contribution in [3.8, 4) is 11.5 Å². The molecule has 0 radical (unpaired) electrons. The van der Waals surface area contributed by atoms with Gasteiger partial charge in [0.15, 0.2) is 6.61 Å². The van der Waals surface area contributed by atoms with E-state index >= 15 is 0 Å². The fraction of sp³-hybridized carbons (Fsp3) is 0.333. The lowest BCUT2D eigenvalue weighted by molar-refractivity contribution is -0.146. The van der Waals surface area contributed by atoms with E-state index in [2.05, 4.69) is 0 Å². The normalized spacial score (nSPS) is 10.3. The van der Waals surface area contributed by atoms with E-state index in [1.165, 1.54) is 18.1 Å². The van der Waals surface area contributed by atoms with Gasteiger partial charge in [-0.1, -0.05) is 0 Å². The Labute approximate surface area is 123 Å². The van der Waals surface area contributed by atoms with Gasteiger partial charge in [-0.05, 0) is 24.3 Å². The van der Waals surface area contributed by atoms with Crippen molar-refractivity contribution in [3.05, 3.63) is 29.8 Å². The molecule has 0 fully saturated rings. The number of hydrogen-bond donors (Lipinski definition) is 0. The summed E-state index contributed by atoms with van der Waals surface area (Å²) in [5.41, 5.74) is 0.674. The van der Waals surface area contributed by atoms with Crippen molar-refractivity contribution in [3.63, 3.8) is 0 Å². The number of esters is 1. The zero-order chi connectivity index (χ0) is 15.8. The molecule has 0 aliphatic rings. The molecule has 0 bridgehead atoms. The second-order valence-electron chi connectivity index (χ2n) is 4.34. The van der Waals surface area contributed by atoms with Gasteiger partial charge >= 0.3 is 5.97 Å². The van der Waals surface area contributed by atoms with Crippen LogP contribution in [0.15, 0.2) is 24.3 Å². The van der Waals surface area contributed by atoms with Crippen LogP contribution in [0.25, 0.3) is 6.08 Å². The van der Waals surface area contributed by atoms with E-state index in [1.807, 2.05) is 0 Å². The quantitative estimate of drug-likeness (QED) is 0.585. The first-order chi connectivity index (χ1) is 9.97. The zero-order valence-corrected chi connectivity index (χ0v) is 12.6. The molecule has 0 spiro atoms. The van der Waals surface area contributed by atoms with Gasteiger partial charge in [-0.3, -0.25) is 4.79 Å². The molecule has 1 rings (SSSR count). The maximum absolute atomic E-state index is 11.5. The van der Waals surface area contributed by atoms with Gasteiger partial charge in [-0.25, -0.2) is 4.79 Å². The predicted octanol–water partition coefficient (Wildman–Crippen LogP) is 1.35. The van der Waals surface area contributed by atoms with Crippen molar-refractivity contribution in [2.24, 2.45) is 0 Å². The van der Waals surface area contributed by atoms with Gasteiger partial charge in [0, 0.05) is 25.7 Å². The Bertz CT molecular complexity index is 537. The highest BCUT2D eigenvalue weighted by Crippen LogP contribution is 2.25. The Morgan fingerprint density at radius 3 is 2.48 bits per heavy atom. The van der Waals surface area contributed by atoms with Gasteiger partial charge in [0.1, 0.15) is 11.5 Å². The van der Waals surface area contributed by atoms with E-state index in [9.17, 15) is 9.59 Å². The van der Waals surface area contributed by atoms with Gasteiger partial charge in [0.05, 0.1) is 14.2 Å². The summed E-state index contributed by atoms with van der Waals surface area (Å²) in [6.45, 7) is -0.286. The fourth-order valence-corrected chi connectivity index (χ4v) is 1.44. The standard InChI is InChI=1S/C15H19NO5/c1-16(2)14(17)10-21-15(18)8-5-11-9-12(19-3)6-7-13(11)20-4/h5-9H,10H2,1-4H3/b8-5+. The smallest absolute Gasteiger partial charge is 0.331 e. The number of carbonyl (C=O) groups is 2. The second kappa shape index (κ2) is 7.94. The molecule has 6 heteroatoms. The second-order valence-corrected chi connectivity index (χ2v) is 4.34. The molecule has 1 aromatic rings. The highest BCUT2D eigenvalue weighted by atomic mass is 16.5. The Balaban J connectivity index is 2.71. The highest BCUT2D eigenvalue weighted by Gasteiger charge is 2.07. The lowest BCUT2D eigenvalue weighted by Crippen LogP contribution is -2.27. The number of benzene rings is 1. The van der Waals surface area contributed by atoms with Gasteiger partial charge in [0.25, 0.3) is 5.91 Å². The molecule has 0 aliphatic carbocycles. The van der Waals surface area contributed by atoms with Gasteiger partial charge in [-0.2, -0.15) is 0 Å². The molecule has 0 aliphatic heterocycles. The fourth-order valence-electron chi connectivity index (χ4n) is 1.44. The van der Waals surface area contributed by atoms with Crippen LogP contribution in [0.4, 0.5) is 0 Å². The number of amides is 1. The molecule has 0 saturated heterocycles. The maximum atomic E-state index is 11.5. The number of rotatable bonds is 6. The molecule has 0 aromatic heterocycles. The van der Waals surface area contributed by atoms with Crippen LogP contribution in [0, 0.1) is 0 Å². The summed E-state index contributed by atoms with van der Waals surface area (Å²) < 4.78 is 15.1. The minimum Gasteiger partial charge on any atom is -0.497 e. The third kappa shape index (κ3) is 5.18. The maximum Gasteiger partial charge on any atom is 0.331 e. The average Bonchev–Trinajstić information content (AvgIpc) is 2.49. The number of likely N-dealkylation sites (N-methyl/N-ethyl adjacent to an activating group) is 1. The first kappa shape index (κ1) is 16.6. The Morgan fingerprint density at radius 1 is 1.19 bits per heavy atom. The van der Waals surface area contributed by atoms with Crippen molar-refractivity contribution in [2.45, 2.75) is 0 Å². The van der Waals surface area contributed by atoms with Crippen molar-refractivity contribution < 1.29 is 23.8 Å². The van der Waals surface area contributed by atoms with Crippen molar-refractivity contribution >= 4 is 18.0 Å². The summed E-state index contributed by atoms with van der Waals surface area (Å²) in [7, 11) is 6.27. The lowest BCUT2D eigenvalue weighted by Gasteiger charge is -2.09. The topological polar surface area (TPSA) is 65.1 Å². The van der Waals surface area contributed by atoms with E-state index in [-0.39, 0.29) is 12.5 Å². The molecule has 0 atom stereocenters. The lowest BCUT2D eigenvalue weighted by atomic mass is 10.1. The molecule has 0 unspecified atom stereocenters. The van der Waals surface area contributed by atoms with E-state index in [0.29, 0.717) is 17.1 Å². The summed E-state index contributed by atoms with van der Waals surface area (Å²) in [4.78, 5) is 24.2. The highest BCUT2D eigenvalue weighted by molar-refractivity contribution is 5.89. The summed E-state index contributed by atoms with van der Waals surface area (Å²) in [6.07, 6.45) is 2.78. The van der Waals surface area contributed by atoms with Crippen LogP contribution < -0.4 is 9.47 Å². The van der Waals surface area contributed by atoms with Gasteiger partial charge < -0.3 is 19.1 Å². The van der Waals surface area contributed by atoms with Crippen LogP contribution in [-0.4, -0.2) is 51.7 Å². The van der Waals surface area contributed by atoms with Crippen LogP contribution in [0.2, 0.25) is 0 Å². The molecule has 1 amide bonds. The Kier molecular flexibility index (Phi) is 6.26. The number of nitrogens with zero attached hydrogens (tertiary/aromatic N) is 1. The number of carbonyl (C=O) groups excluding carboxylic acids is 2. The van der Waals surface area contributed by atoms with Crippen molar-refractivity contribution in [1.29, 1.82) is 0 Å². The van der Waals surface area contributed by atoms with Crippen LogP contribution in [-0.2, 0) is 14.3 Å². The minimum atomic E-state index is -0.602. The average molecular weight is 293 g/mol. The summed E-state index contributed by atoms with van der Waals surface area (Å²) in [6, 6.07) is 5.22. The van der Waals surface area contributed by atoms with Crippen molar-refractivity contribution in [2.75, 3.05) is 34.9 Å². The first-order valence-electron chi connectivity index (χ1n) is 6.25. The van der Waals surface area contributed by atoms with E-state index in [0.717, 1.165) is 0 Å². The van der Waals surface area contributed by atoms with E-state index in [1.54, 1.807) is 45.5 Å². The van der Waals surface area contributed by atoms with E-state index in [4.69, 9.17) is 14.2 Å². The molecule has 114 valence electrons. The molecule has 0 heterocycles. The molecule has 0 saturated carbocycles. The molecule has 6 nitrogen and oxygen atoms in total. The summed E-state index contributed by atoms with van der Waals surface area (Å²) >= 11 is 0. The SMILES string of the molecule is COc1ccc(OC)c(/C=C/C(=O)OCC(=O)N(C)C)c1. The Morgan fingerprint density at radius 2 is 1.90 bits per heavy atom. The first-order valence-corrected chi connectivity index (χ1v) is 6.25. The largest absolute Gasteiger partial charge is 0.497 e. The van der Waals surface area contributed by atoms with Crippen LogP contribution in [0.3, 0.4) is 0 Å².